The van der Waals surface area contributed by atoms with E-state index in [1.54, 1.807) is 0 Å². The molecular weight excluding hydrogens is 604 g/mol. The molecule has 1 saturated carbocycles. The third-order valence-corrected chi connectivity index (χ3v) is 8.55. The Kier molecular flexibility index (Phi) is 18.3. The molecule has 47 heavy (non-hydrogen) atoms. The van der Waals surface area contributed by atoms with Gasteiger partial charge in [-0.05, 0) is 82.2 Å². The fraction of sp³-hybridized carbons (Fsp3) is 0.676. The van der Waals surface area contributed by atoms with E-state index in [4.69, 9.17) is 10.5 Å². The molecule has 0 spiro atoms. The van der Waals surface area contributed by atoms with Gasteiger partial charge in [-0.3, -0.25) is 9.59 Å². The highest BCUT2D eigenvalue weighted by atomic mass is 16.5. The second-order valence-electron chi connectivity index (χ2n) is 12.8. The maximum Gasteiger partial charge on any atom is 0.407 e. The van der Waals surface area contributed by atoms with Crippen LogP contribution in [0.5, 0.6) is 0 Å². The lowest BCUT2D eigenvalue weighted by atomic mass is 9.84. The maximum atomic E-state index is 13.6. The van der Waals surface area contributed by atoms with E-state index in [2.05, 4.69) is 26.6 Å². The molecule has 0 saturated heterocycles. The van der Waals surface area contributed by atoms with Crippen LogP contribution in [0.1, 0.15) is 97.0 Å². The molecule has 4 atom stereocenters. The van der Waals surface area contributed by atoms with Crippen molar-refractivity contribution in [1.82, 2.24) is 26.6 Å². The van der Waals surface area contributed by atoms with Crippen molar-refractivity contribution in [2.45, 2.75) is 122 Å². The highest BCUT2D eigenvalue weighted by Crippen LogP contribution is 2.26. The number of carboxylic acid groups (broad SMARTS) is 1. The van der Waals surface area contributed by atoms with Gasteiger partial charge < -0.3 is 42.2 Å². The summed E-state index contributed by atoms with van der Waals surface area (Å²) in [5.41, 5.74) is 6.37. The Hall–Kier alpha value is -3.87. The number of hydrogen-bond donors (Lipinski definition) is 7. The van der Waals surface area contributed by atoms with Crippen LogP contribution in [0, 0.1) is 11.8 Å². The summed E-state index contributed by atoms with van der Waals surface area (Å²) in [6.45, 7) is 6.51. The number of carbonyl (C=O) groups excluding carboxylic acids is 4. The van der Waals surface area contributed by atoms with E-state index in [-0.39, 0.29) is 43.9 Å². The summed E-state index contributed by atoms with van der Waals surface area (Å²) in [4.78, 5) is 63.6. The molecule has 1 aliphatic carbocycles. The fourth-order valence-electron chi connectivity index (χ4n) is 5.67. The number of nitrogens with one attached hydrogen (secondary N) is 5. The third kappa shape index (κ3) is 15.5. The average molecular weight is 661 g/mol. The van der Waals surface area contributed by atoms with Crippen LogP contribution in [0.4, 0.5) is 9.59 Å². The second-order valence-corrected chi connectivity index (χ2v) is 12.8. The van der Waals surface area contributed by atoms with Crippen molar-refractivity contribution in [3.8, 4) is 0 Å². The molecular formula is C34H56N6O7. The summed E-state index contributed by atoms with van der Waals surface area (Å²) in [5, 5.41) is 23.2. The van der Waals surface area contributed by atoms with Gasteiger partial charge in [-0.1, -0.05) is 63.4 Å². The minimum atomic E-state index is -1.19. The summed E-state index contributed by atoms with van der Waals surface area (Å²) in [5.74, 6) is -1.85. The van der Waals surface area contributed by atoms with E-state index in [0.29, 0.717) is 38.1 Å². The molecule has 1 aromatic rings. The zero-order chi connectivity index (χ0) is 34.6. The second kappa shape index (κ2) is 21.8. The summed E-state index contributed by atoms with van der Waals surface area (Å²) in [6.07, 6.45) is 7.48. The number of alkyl carbamates (subject to hydrolysis) is 1. The van der Waals surface area contributed by atoms with Crippen molar-refractivity contribution in [2.75, 3.05) is 13.1 Å². The van der Waals surface area contributed by atoms with Gasteiger partial charge in [0.1, 0.15) is 24.7 Å². The molecule has 1 fully saturated rings. The number of amides is 5. The van der Waals surface area contributed by atoms with Gasteiger partial charge in [0.2, 0.25) is 11.8 Å². The van der Waals surface area contributed by atoms with Crippen molar-refractivity contribution in [2.24, 2.45) is 17.6 Å². The summed E-state index contributed by atoms with van der Waals surface area (Å²) < 4.78 is 5.22. The van der Waals surface area contributed by atoms with Gasteiger partial charge in [-0.15, -0.1) is 0 Å². The number of hydrogen-bond acceptors (Lipinski definition) is 7. The number of nitrogens with two attached hydrogens (primary N) is 1. The predicted molar refractivity (Wildman–Crippen MR) is 179 cm³/mol. The van der Waals surface area contributed by atoms with Crippen LogP contribution in [0.2, 0.25) is 0 Å². The predicted octanol–water partition coefficient (Wildman–Crippen LogP) is 3.56. The largest absolute Gasteiger partial charge is 0.480 e. The van der Waals surface area contributed by atoms with Gasteiger partial charge in [-0.25, -0.2) is 14.4 Å². The van der Waals surface area contributed by atoms with Gasteiger partial charge in [0.25, 0.3) is 0 Å². The van der Waals surface area contributed by atoms with Gasteiger partial charge in [-0.2, -0.15) is 0 Å². The molecule has 13 nitrogen and oxygen atoms in total. The van der Waals surface area contributed by atoms with Crippen LogP contribution in [0.3, 0.4) is 0 Å². The lowest BCUT2D eigenvalue weighted by molar-refractivity contribution is -0.139. The molecule has 0 bridgehead atoms. The molecule has 0 unspecified atom stereocenters. The zero-order valence-electron chi connectivity index (χ0n) is 28.2. The molecule has 2 rings (SSSR count). The first-order chi connectivity index (χ1) is 22.5. The number of aliphatic carboxylic acids is 1. The molecule has 13 heteroatoms. The van der Waals surface area contributed by atoms with Crippen LogP contribution in [0.25, 0.3) is 0 Å². The first-order valence-corrected chi connectivity index (χ1v) is 17.1. The summed E-state index contributed by atoms with van der Waals surface area (Å²) in [6, 6.07) is 5.44. The van der Waals surface area contributed by atoms with Crippen molar-refractivity contribution < 1.29 is 33.8 Å². The van der Waals surface area contributed by atoms with E-state index in [0.717, 1.165) is 31.2 Å². The summed E-state index contributed by atoms with van der Waals surface area (Å²) >= 11 is 0. The van der Waals surface area contributed by atoms with E-state index >= 15 is 0 Å². The van der Waals surface area contributed by atoms with Gasteiger partial charge in [0.15, 0.2) is 0 Å². The van der Waals surface area contributed by atoms with Crippen LogP contribution in [-0.2, 0) is 25.7 Å². The standard InChI is InChI=1S/C34H56N6O7/c1-23(2)29(31(42)37-24(3)26-16-8-5-9-17-26)40-30(41)27(38-33(45)39-28(32(43)44)19-10-12-20-35)18-11-13-21-36-34(46)47-22-25-14-6-4-7-15-25/h4,6-7,14-15,23-24,26-29H,5,8-13,16-22,35H2,1-3H3,(H,36,46)(H,37,42)(H,40,41)(H,43,44)(H2,38,39,45)/t24-,27+,28-,29-/m0/s1. The smallest absolute Gasteiger partial charge is 0.407 e. The Morgan fingerprint density at radius 2 is 1.47 bits per heavy atom. The van der Waals surface area contributed by atoms with Crippen LogP contribution in [0.15, 0.2) is 30.3 Å². The minimum Gasteiger partial charge on any atom is -0.480 e. The van der Waals surface area contributed by atoms with Gasteiger partial charge in [0.05, 0.1) is 0 Å². The maximum absolute atomic E-state index is 13.6. The molecule has 8 N–H and O–H groups in total. The molecule has 1 aromatic carbocycles. The lowest BCUT2D eigenvalue weighted by Crippen LogP contribution is -2.58. The molecule has 0 aromatic heterocycles. The molecule has 264 valence electrons. The van der Waals surface area contributed by atoms with E-state index < -0.39 is 42.1 Å². The normalized spacial score (nSPS) is 15.9. The average Bonchev–Trinajstić information content (AvgIpc) is 3.05. The first kappa shape index (κ1) is 39.3. The molecule has 0 heterocycles. The Morgan fingerprint density at radius 3 is 2.11 bits per heavy atom. The first-order valence-electron chi connectivity index (χ1n) is 17.1. The fourth-order valence-corrected chi connectivity index (χ4v) is 5.67. The number of unbranched alkanes of at least 4 members (excludes halogenated alkanes) is 2. The van der Waals surface area contributed by atoms with Crippen molar-refractivity contribution in [1.29, 1.82) is 0 Å². The number of urea groups is 1. The van der Waals surface area contributed by atoms with Crippen molar-refractivity contribution in [3.05, 3.63) is 35.9 Å². The third-order valence-electron chi connectivity index (χ3n) is 8.55. The highest BCUT2D eigenvalue weighted by molar-refractivity contribution is 5.92. The number of carbonyl (C=O) groups is 5. The number of ether oxygens (including phenoxy) is 1. The van der Waals surface area contributed by atoms with E-state index in [1.165, 1.54) is 6.42 Å². The molecule has 0 aliphatic heterocycles. The number of benzene rings is 1. The zero-order valence-corrected chi connectivity index (χ0v) is 28.2. The van der Waals surface area contributed by atoms with Gasteiger partial charge in [0, 0.05) is 12.6 Å². The Morgan fingerprint density at radius 1 is 0.830 bits per heavy atom. The Labute approximate surface area is 278 Å². The quantitative estimate of drug-likeness (QED) is 0.103. The Balaban J connectivity index is 1.99. The topological polar surface area (TPSA) is 201 Å². The van der Waals surface area contributed by atoms with Gasteiger partial charge >= 0.3 is 18.1 Å². The van der Waals surface area contributed by atoms with Crippen LogP contribution >= 0.6 is 0 Å². The van der Waals surface area contributed by atoms with E-state index in [9.17, 15) is 29.1 Å². The van der Waals surface area contributed by atoms with Crippen molar-refractivity contribution >= 4 is 29.9 Å². The molecule has 0 radical (unpaired) electrons. The number of carboxylic acids is 1. The van der Waals surface area contributed by atoms with Crippen LogP contribution in [-0.4, -0.2) is 72.3 Å². The number of rotatable bonds is 20. The summed E-state index contributed by atoms with van der Waals surface area (Å²) in [7, 11) is 0. The van der Waals surface area contributed by atoms with Crippen LogP contribution < -0.4 is 32.3 Å². The minimum absolute atomic E-state index is 0.0280. The molecule has 5 amide bonds. The van der Waals surface area contributed by atoms with E-state index in [1.807, 2.05) is 51.1 Å². The van der Waals surface area contributed by atoms with Crippen molar-refractivity contribution in [3.63, 3.8) is 0 Å². The SMILES string of the molecule is CC(C)[C@H](NC(=O)[C@@H](CCCCNC(=O)OCc1ccccc1)NC(=O)N[C@@H](CCCCN)C(=O)O)C(=O)N[C@@H](C)C1CCCCC1. The Bertz CT molecular complexity index is 1110. The lowest BCUT2D eigenvalue weighted by Gasteiger charge is -2.31. The monoisotopic (exact) mass is 660 g/mol. The highest BCUT2D eigenvalue weighted by Gasteiger charge is 2.31. The molecule has 1 aliphatic rings.